The Bertz CT molecular complexity index is 1130. The largest absolute Gasteiger partial charge is 0.490 e. The quantitative estimate of drug-likeness (QED) is 0.587. The Morgan fingerprint density at radius 1 is 1.13 bits per heavy atom. The molecule has 0 saturated heterocycles. The minimum Gasteiger partial charge on any atom is -0.490 e. The number of hydrogen-bond donors (Lipinski definition) is 0. The maximum atomic E-state index is 6.49. The molecule has 3 aliphatic rings. The monoisotopic (exact) mass is 420 g/mol. The van der Waals surface area contributed by atoms with Crippen molar-refractivity contribution in [2.24, 2.45) is 5.10 Å². The molecule has 0 spiro atoms. The van der Waals surface area contributed by atoms with E-state index in [9.17, 15) is 0 Å². The van der Waals surface area contributed by atoms with E-state index in [1.807, 2.05) is 43.3 Å². The SMILES string of the molecule is CCOc1cccc2c1O[C@H](c1cccs1)N1N=C(c3ccc4c(c3)OCO4)C[C@@H]21. The molecular weight excluding hydrogens is 400 g/mol. The molecule has 1 aromatic heterocycles. The molecule has 0 amide bonds. The minimum atomic E-state index is -0.282. The first kappa shape index (κ1) is 17.7. The summed E-state index contributed by atoms with van der Waals surface area (Å²) in [7, 11) is 0. The summed E-state index contributed by atoms with van der Waals surface area (Å²) in [4.78, 5) is 1.12. The van der Waals surface area contributed by atoms with Crippen LogP contribution in [0.2, 0.25) is 0 Å². The van der Waals surface area contributed by atoms with Crippen molar-refractivity contribution < 1.29 is 18.9 Å². The van der Waals surface area contributed by atoms with Gasteiger partial charge in [-0.3, -0.25) is 0 Å². The Morgan fingerprint density at radius 2 is 2.07 bits per heavy atom. The number of benzene rings is 2. The van der Waals surface area contributed by atoms with Gasteiger partial charge in [-0.25, -0.2) is 5.01 Å². The predicted molar refractivity (Wildman–Crippen MR) is 114 cm³/mol. The Balaban J connectivity index is 1.43. The molecule has 3 aliphatic heterocycles. The van der Waals surface area contributed by atoms with Gasteiger partial charge in [-0.15, -0.1) is 11.3 Å². The standard InChI is InChI=1S/C23H20N2O4S/c1-2-26-19-6-3-5-15-17-12-16(14-8-9-18-20(11-14)28-13-27-18)24-25(17)23(29-22(15)19)21-7-4-10-30-21/h3-11,17,23H,2,12-13H2,1H3/t17-,23+/m0/s1. The van der Waals surface area contributed by atoms with Crippen molar-refractivity contribution in [2.45, 2.75) is 25.6 Å². The molecule has 0 bridgehead atoms. The van der Waals surface area contributed by atoms with Crippen LogP contribution in [0.3, 0.4) is 0 Å². The maximum Gasteiger partial charge on any atom is 0.231 e. The number of fused-ring (bicyclic) bond motifs is 4. The summed E-state index contributed by atoms with van der Waals surface area (Å²) in [6, 6.07) is 16.3. The van der Waals surface area contributed by atoms with Crippen molar-refractivity contribution in [2.75, 3.05) is 13.4 Å². The zero-order valence-corrected chi connectivity index (χ0v) is 17.2. The summed E-state index contributed by atoms with van der Waals surface area (Å²) in [5.41, 5.74) is 3.16. The summed E-state index contributed by atoms with van der Waals surface area (Å²) in [6.07, 6.45) is 0.503. The van der Waals surface area contributed by atoms with Gasteiger partial charge in [0, 0.05) is 17.5 Å². The van der Waals surface area contributed by atoms with Crippen LogP contribution in [0.4, 0.5) is 0 Å². The van der Waals surface area contributed by atoms with Crippen molar-refractivity contribution in [3.63, 3.8) is 0 Å². The third kappa shape index (κ3) is 2.73. The molecule has 0 N–H and O–H groups in total. The van der Waals surface area contributed by atoms with E-state index in [-0.39, 0.29) is 19.1 Å². The van der Waals surface area contributed by atoms with Crippen LogP contribution in [0.5, 0.6) is 23.0 Å². The second-order valence-electron chi connectivity index (χ2n) is 7.31. The van der Waals surface area contributed by atoms with Crippen LogP contribution >= 0.6 is 11.3 Å². The fraction of sp³-hybridized carbons (Fsp3) is 0.261. The van der Waals surface area contributed by atoms with Gasteiger partial charge in [-0.2, -0.15) is 5.10 Å². The highest BCUT2D eigenvalue weighted by atomic mass is 32.1. The number of ether oxygens (including phenoxy) is 4. The average molecular weight is 420 g/mol. The van der Waals surface area contributed by atoms with Gasteiger partial charge in [0.2, 0.25) is 13.0 Å². The maximum absolute atomic E-state index is 6.49. The first-order chi connectivity index (χ1) is 14.8. The molecule has 7 heteroatoms. The van der Waals surface area contributed by atoms with E-state index in [0.29, 0.717) is 6.61 Å². The van der Waals surface area contributed by atoms with Crippen LogP contribution in [0.25, 0.3) is 0 Å². The van der Waals surface area contributed by atoms with Crippen molar-refractivity contribution in [1.29, 1.82) is 0 Å². The lowest BCUT2D eigenvalue weighted by molar-refractivity contribution is -0.0188. The van der Waals surface area contributed by atoms with Gasteiger partial charge in [0.25, 0.3) is 0 Å². The topological polar surface area (TPSA) is 52.5 Å². The first-order valence-electron chi connectivity index (χ1n) is 10.0. The Hall–Kier alpha value is -3.19. The highest BCUT2D eigenvalue weighted by Gasteiger charge is 2.42. The minimum absolute atomic E-state index is 0.0849. The van der Waals surface area contributed by atoms with Crippen LogP contribution < -0.4 is 18.9 Å². The molecule has 152 valence electrons. The normalized spacial score (nSPS) is 21.0. The molecule has 2 aromatic carbocycles. The van der Waals surface area contributed by atoms with Crippen LogP contribution in [0.15, 0.2) is 59.0 Å². The van der Waals surface area contributed by atoms with Gasteiger partial charge in [0.1, 0.15) is 0 Å². The van der Waals surface area contributed by atoms with E-state index in [1.54, 1.807) is 11.3 Å². The first-order valence-corrected chi connectivity index (χ1v) is 10.9. The Morgan fingerprint density at radius 3 is 2.93 bits per heavy atom. The molecule has 3 aromatic rings. The molecule has 6 rings (SSSR count). The van der Waals surface area contributed by atoms with Gasteiger partial charge in [-0.05, 0) is 42.6 Å². The molecule has 0 fully saturated rings. The van der Waals surface area contributed by atoms with Crippen molar-refractivity contribution in [3.8, 4) is 23.0 Å². The molecule has 0 unspecified atom stereocenters. The number of hydrogen-bond acceptors (Lipinski definition) is 7. The molecule has 6 nitrogen and oxygen atoms in total. The summed E-state index contributed by atoms with van der Waals surface area (Å²) in [5, 5.41) is 9.16. The van der Waals surface area contributed by atoms with E-state index in [1.165, 1.54) is 0 Å². The molecule has 30 heavy (non-hydrogen) atoms. The van der Waals surface area contributed by atoms with Crippen LogP contribution in [0.1, 0.15) is 41.6 Å². The zero-order valence-electron chi connectivity index (χ0n) is 16.4. The number of rotatable bonds is 4. The smallest absolute Gasteiger partial charge is 0.231 e. The predicted octanol–water partition coefficient (Wildman–Crippen LogP) is 5.12. The molecule has 0 saturated carbocycles. The lowest BCUT2D eigenvalue weighted by Crippen LogP contribution is -2.33. The molecular formula is C23H20N2O4S. The zero-order chi connectivity index (χ0) is 20.1. The lowest BCUT2D eigenvalue weighted by atomic mass is 9.96. The number of nitrogens with zero attached hydrogens (tertiary/aromatic N) is 2. The van der Waals surface area contributed by atoms with Gasteiger partial charge in [-0.1, -0.05) is 18.2 Å². The highest BCUT2D eigenvalue weighted by molar-refractivity contribution is 7.10. The van der Waals surface area contributed by atoms with Crippen LogP contribution in [0, 0.1) is 0 Å². The molecule has 2 atom stereocenters. The van der Waals surface area contributed by atoms with E-state index >= 15 is 0 Å². The summed E-state index contributed by atoms with van der Waals surface area (Å²) in [6.45, 7) is 2.85. The van der Waals surface area contributed by atoms with Gasteiger partial charge in [0.15, 0.2) is 23.0 Å². The fourth-order valence-corrected chi connectivity index (χ4v) is 4.97. The fourth-order valence-electron chi connectivity index (χ4n) is 4.22. The van der Waals surface area contributed by atoms with Gasteiger partial charge in [0.05, 0.1) is 23.2 Å². The van der Waals surface area contributed by atoms with Gasteiger partial charge < -0.3 is 18.9 Å². The van der Waals surface area contributed by atoms with Crippen molar-refractivity contribution in [1.82, 2.24) is 5.01 Å². The van der Waals surface area contributed by atoms with Crippen LogP contribution in [-0.2, 0) is 0 Å². The van der Waals surface area contributed by atoms with E-state index < -0.39 is 0 Å². The summed E-state index contributed by atoms with van der Waals surface area (Å²) < 4.78 is 23.4. The van der Waals surface area contributed by atoms with Gasteiger partial charge >= 0.3 is 0 Å². The molecule has 0 radical (unpaired) electrons. The van der Waals surface area contributed by atoms with Crippen LogP contribution in [-0.4, -0.2) is 24.1 Å². The number of thiophene rings is 1. The van der Waals surface area contributed by atoms with E-state index in [0.717, 1.165) is 51.1 Å². The Labute approximate surface area is 178 Å². The highest BCUT2D eigenvalue weighted by Crippen LogP contribution is 2.51. The second kappa shape index (κ2) is 6.95. The Kier molecular flexibility index (Phi) is 4.09. The third-order valence-corrected chi connectivity index (χ3v) is 6.48. The lowest BCUT2D eigenvalue weighted by Gasteiger charge is -2.38. The van der Waals surface area contributed by atoms with Crippen molar-refractivity contribution in [3.05, 3.63) is 69.9 Å². The molecule has 4 heterocycles. The average Bonchev–Trinajstić information content (AvgIpc) is 3.53. The second-order valence-corrected chi connectivity index (χ2v) is 8.29. The molecule has 0 aliphatic carbocycles. The van der Waals surface area contributed by atoms with E-state index in [4.69, 9.17) is 24.0 Å². The number of para-hydroxylation sites is 1. The third-order valence-electron chi connectivity index (χ3n) is 5.57. The number of hydrazone groups is 1. The summed E-state index contributed by atoms with van der Waals surface area (Å²) in [5.74, 6) is 3.15. The summed E-state index contributed by atoms with van der Waals surface area (Å²) >= 11 is 1.67. The van der Waals surface area contributed by atoms with Crippen molar-refractivity contribution >= 4 is 17.0 Å². The van der Waals surface area contributed by atoms with E-state index in [2.05, 4.69) is 22.5 Å².